The number of amides is 2. The normalized spacial score (nSPS) is 22.2. The summed E-state index contributed by atoms with van der Waals surface area (Å²) in [5.74, 6) is -1.00. The molecule has 0 bridgehead atoms. The van der Waals surface area contributed by atoms with Crippen LogP contribution in [-0.4, -0.2) is 23.1 Å². The highest BCUT2D eigenvalue weighted by Gasteiger charge is 2.27. The van der Waals surface area contributed by atoms with Gasteiger partial charge in [-0.05, 0) is 49.8 Å². The van der Waals surface area contributed by atoms with Gasteiger partial charge in [-0.25, -0.2) is 4.79 Å². The monoisotopic (exact) mass is 338 g/mol. The van der Waals surface area contributed by atoms with E-state index < -0.39 is 5.97 Å². The Morgan fingerprint density at radius 3 is 2.35 bits per heavy atom. The zero-order valence-electron chi connectivity index (χ0n) is 13.2. The molecule has 2 rings (SSSR count). The van der Waals surface area contributed by atoms with E-state index in [9.17, 15) is 9.59 Å². The number of carbonyl (C=O) groups excluding carboxylic acids is 1. The van der Waals surface area contributed by atoms with Crippen LogP contribution >= 0.6 is 11.6 Å². The zero-order chi connectivity index (χ0) is 16.8. The number of hydrogen-bond donors (Lipinski definition) is 3. The van der Waals surface area contributed by atoms with E-state index in [0.29, 0.717) is 30.7 Å². The van der Waals surface area contributed by atoms with Gasteiger partial charge in [-0.2, -0.15) is 0 Å². The number of carboxylic acid groups (broad SMARTS) is 1. The summed E-state index contributed by atoms with van der Waals surface area (Å²) in [5, 5.41) is 15.6. The number of hydrogen-bond acceptors (Lipinski definition) is 2. The Kier molecular flexibility index (Phi) is 6.28. The molecule has 1 aromatic rings. The van der Waals surface area contributed by atoms with Crippen LogP contribution in [0, 0.1) is 5.92 Å². The molecule has 6 heteroatoms. The molecule has 23 heavy (non-hydrogen) atoms. The van der Waals surface area contributed by atoms with Crippen LogP contribution < -0.4 is 10.6 Å². The van der Waals surface area contributed by atoms with Gasteiger partial charge in [0.25, 0.3) is 0 Å². The van der Waals surface area contributed by atoms with Crippen LogP contribution in [0.2, 0.25) is 5.02 Å². The van der Waals surface area contributed by atoms with Gasteiger partial charge in [-0.1, -0.05) is 30.7 Å². The molecule has 1 aliphatic rings. The lowest BCUT2D eigenvalue weighted by atomic mass is 9.86. The Morgan fingerprint density at radius 2 is 1.83 bits per heavy atom. The van der Waals surface area contributed by atoms with Gasteiger partial charge < -0.3 is 15.7 Å². The molecule has 1 saturated carbocycles. The van der Waals surface area contributed by atoms with Crippen molar-refractivity contribution in [2.24, 2.45) is 5.92 Å². The number of nitrogens with one attached hydrogen (secondary N) is 2. The fraction of sp³-hybridized carbons (Fsp3) is 0.529. The molecule has 1 aromatic carbocycles. The highest BCUT2D eigenvalue weighted by molar-refractivity contribution is 6.30. The van der Waals surface area contributed by atoms with Crippen molar-refractivity contribution in [3.8, 4) is 0 Å². The van der Waals surface area contributed by atoms with Gasteiger partial charge in [-0.15, -0.1) is 0 Å². The van der Waals surface area contributed by atoms with E-state index in [0.717, 1.165) is 12.0 Å². The number of rotatable bonds is 5. The lowest BCUT2D eigenvalue weighted by Gasteiger charge is -2.28. The van der Waals surface area contributed by atoms with E-state index in [-0.39, 0.29) is 24.0 Å². The molecule has 0 aromatic heterocycles. The molecule has 126 valence electrons. The summed E-state index contributed by atoms with van der Waals surface area (Å²) >= 11 is 5.89. The minimum atomic E-state index is -0.735. The first kappa shape index (κ1) is 17.6. The van der Waals surface area contributed by atoms with Crippen LogP contribution in [0.15, 0.2) is 24.3 Å². The van der Waals surface area contributed by atoms with Gasteiger partial charge in [0, 0.05) is 11.1 Å². The second-order valence-electron chi connectivity index (χ2n) is 6.02. The van der Waals surface area contributed by atoms with Gasteiger partial charge in [0.15, 0.2) is 0 Å². The summed E-state index contributed by atoms with van der Waals surface area (Å²) in [6, 6.07) is 7.23. The second kappa shape index (κ2) is 8.20. The summed E-state index contributed by atoms with van der Waals surface area (Å²) in [7, 11) is 0. The van der Waals surface area contributed by atoms with E-state index >= 15 is 0 Å². The molecule has 3 N–H and O–H groups in total. The van der Waals surface area contributed by atoms with Crippen LogP contribution in [0.25, 0.3) is 0 Å². The molecule has 0 aliphatic heterocycles. The third-order valence-corrected chi connectivity index (χ3v) is 4.65. The smallest absolute Gasteiger partial charge is 0.315 e. The summed E-state index contributed by atoms with van der Waals surface area (Å²) in [6.45, 7) is 2.01. The lowest BCUT2D eigenvalue weighted by molar-refractivity contribution is -0.142. The van der Waals surface area contributed by atoms with Crippen LogP contribution in [0.4, 0.5) is 4.79 Å². The molecule has 1 atom stereocenters. The Morgan fingerprint density at radius 1 is 1.22 bits per heavy atom. The van der Waals surface area contributed by atoms with Crippen molar-refractivity contribution < 1.29 is 14.7 Å². The third-order valence-electron chi connectivity index (χ3n) is 4.40. The van der Waals surface area contributed by atoms with Gasteiger partial charge in [0.2, 0.25) is 0 Å². The zero-order valence-corrected chi connectivity index (χ0v) is 14.0. The number of halogens is 1. The minimum Gasteiger partial charge on any atom is -0.481 e. The molecular formula is C17H23ClN2O3. The average Bonchev–Trinajstić information content (AvgIpc) is 2.54. The van der Waals surface area contributed by atoms with E-state index in [1.807, 2.05) is 31.2 Å². The summed E-state index contributed by atoms with van der Waals surface area (Å²) in [4.78, 5) is 23.1. The molecule has 5 nitrogen and oxygen atoms in total. The van der Waals surface area contributed by atoms with E-state index in [2.05, 4.69) is 10.6 Å². The van der Waals surface area contributed by atoms with Crippen molar-refractivity contribution >= 4 is 23.6 Å². The fourth-order valence-electron chi connectivity index (χ4n) is 2.99. The first-order valence-electron chi connectivity index (χ1n) is 8.05. The molecule has 1 unspecified atom stereocenters. The summed E-state index contributed by atoms with van der Waals surface area (Å²) in [5.41, 5.74) is 1.02. The summed E-state index contributed by atoms with van der Waals surface area (Å²) in [6.07, 6.45) is 3.44. The highest BCUT2D eigenvalue weighted by Crippen LogP contribution is 2.24. The van der Waals surface area contributed by atoms with Crippen LogP contribution in [0.1, 0.15) is 50.6 Å². The van der Waals surface area contributed by atoms with Crippen LogP contribution in [-0.2, 0) is 4.79 Å². The number of carboxylic acids is 1. The van der Waals surface area contributed by atoms with Crippen molar-refractivity contribution in [1.29, 1.82) is 0 Å². The summed E-state index contributed by atoms with van der Waals surface area (Å²) < 4.78 is 0. The van der Waals surface area contributed by atoms with Crippen molar-refractivity contribution in [3.05, 3.63) is 34.9 Å². The van der Waals surface area contributed by atoms with E-state index in [4.69, 9.17) is 16.7 Å². The Balaban J connectivity index is 1.84. The highest BCUT2D eigenvalue weighted by atomic mass is 35.5. The number of benzene rings is 1. The number of aliphatic carboxylic acids is 1. The van der Waals surface area contributed by atoms with Crippen molar-refractivity contribution in [2.45, 2.75) is 51.1 Å². The van der Waals surface area contributed by atoms with E-state index in [1.165, 1.54) is 0 Å². The van der Waals surface area contributed by atoms with Gasteiger partial charge in [0.05, 0.1) is 12.0 Å². The maximum atomic E-state index is 12.2. The fourth-order valence-corrected chi connectivity index (χ4v) is 3.11. The molecule has 0 heterocycles. The Hall–Kier alpha value is -1.75. The van der Waals surface area contributed by atoms with E-state index in [1.54, 1.807) is 0 Å². The number of urea groups is 1. The van der Waals surface area contributed by atoms with Crippen molar-refractivity contribution in [1.82, 2.24) is 10.6 Å². The van der Waals surface area contributed by atoms with Crippen molar-refractivity contribution in [3.63, 3.8) is 0 Å². The molecule has 0 radical (unpaired) electrons. The maximum absolute atomic E-state index is 12.2. The predicted octanol–water partition coefficient (Wildman–Crippen LogP) is 3.73. The molecular weight excluding hydrogens is 316 g/mol. The quantitative estimate of drug-likeness (QED) is 0.765. The lowest BCUT2D eigenvalue weighted by Crippen LogP contribution is -2.45. The minimum absolute atomic E-state index is 0.0494. The predicted molar refractivity (Wildman–Crippen MR) is 89.5 cm³/mol. The Labute approximate surface area is 141 Å². The van der Waals surface area contributed by atoms with Gasteiger partial charge in [-0.3, -0.25) is 4.79 Å². The Bertz CT molecular complexity index is 539. The van der Waals surface area contributed by atoms with Gasteiger partial charge >= 0.3 is 12.0 Å². The van der Waals surface area contributed by atoms with Gasteiger partial charge in [0.1, 0.15) is 0 Å². The molecule has 1 aliphatic carbocycles. The van der Waals surface area contributed by atoms with Crippen LogP contribution in [0.5, 0.6) is 0 Å². The third kappa shape index (κ3) is 5.13. The standard InChI is InChI=1S/C17H23ClN2O3/c1-2-15(11-3-7-13(18)8-4-11)20-17(23)19-14-9-5-12(6-10-14)16(21)22/h3-4,7-8,12,14-15H,2,5-6,9-10H2,1H3,(H,21,22)(H2,19,20,23). The molecule has 2 amide bonds. The van der Waals surface area contributed by atoms with Crippen molar-refractivity contribution in [2.75, 3.05) is 0 Å². The molecule has 0 spiro atoms. The average molecular weight is 339 g/mol. The van der Waals surface area contributed by atoms with Crippen LogP contribution in [0.3, 0.4) is 0 Å². The first-order chi connectivity index (χ1) is 11.0. The molecule has 1 fully saturated rings. The largest absolute Gasteiger partial charge is 0.481 e. The SMILES string of the molecule is CCC(NC(=O)NC1CCC(C(=O)O)CC1)c1ccc(Cl)cc1. The first-order valence-corrected chi connectivity index (χ1v) is 8.42. The molecule has 0 saturated heterocycles. The maximum Gasteiger partial charge on any atom is 0.315 e. The number of carbonyl (C=O) groups is 2. The second-order valence-corrected chi connectivity index (χ2v) is 6.45. The topological polar surface area (TPSA) is 78.4 Å².